The number of hydrogen-bond acceptors (Lipinski definition) is 5. The molecule has 0 fully saturated rings. The van der Waals surface area contributed by atoms with E-state index in [9.17, 15) is 9.59 Å². The van der Waals surface area contributed by atoms with Crippen LogP contribution in [0.3, 0.4) is 0 Å². The lowest BCUT2D eigenvalue weighted by Gasteiger charge is -2.26. The van der Waals surface area contributed by atoms with Gasteiger partial charge in [-0.1, -0.05) is 0 Å². The lowest BCUT2D eigenvalue weighted by atomic mass is 9.99. The van der Waals surface area contributed by atoms with Crippen molar-refractivity contribution in [2.45, 2.75) is 25.8 Å². The first kappa shape index (κ1) is 14.8. The lowest BCUT2D eigenvalue weighted by molar-refractivity contribution is -0.118. The van der Waals surface area contributed by atoms with Gasteiger partial charge in [-0.25, -0.2) is 4.79 Å². The number of hydrogen-bond donors (Lipinski definition) is 3. The summed E-state index contributed by atoms with van der Waals surface area (Å²) in [5.74, 6) is -0.907. The highest BCUT2D eigenvalue weighted by Gasteiger charge is 2.21. The number of nitrogens with one attached hydrogen (secondary N) is 1. The van der Waals surface area contributed by atoms with Crippen LogP contribution in [0.15, 0.2) is 18.2 Å². The highest BCUT2D eigenvalue weighted by atomic mass is 16.5. The van der Waals surface area contributed by atoms with Gasteiger partial charge in [0.25, 0.3) is 0 Å². The maximum atomic E-state index is 11.5. The van der Waals surface area contributed by atoms with Crippen LogP contribution in [0.1, 0.15) is 30.6 Å². The number of primary amides is 1. The molecule has 6 nitrogen and oxygen atoms in total. The molecule has 1 amide bonds. The topological polar surface area (TPSA) is 107 Å². The summed E-state index contributed by atoms with van der Waals surface area (Å²) in [6.45, 7) is 3.68. The van der Waals surface area contributed by atoms with Gasteiger partial charge < -0.3 is 21.5 Å². The van der Waals surface area contributed by atoms with Crippen LogP contribution in [-0.2, 0) is 9.53 Å². The third-order valence-electron chi connectivity index (χ3n) is 2.56. The fraction of sp³-hybridized carbons (Fsp3) is 0.385. The highest BCUT2D eigenvalue weighted by molar-refractivity contribution is 5.96. The number of carbonyl (C=O) groups is 2. The number of amides is 1. The standard InChI is InChI=1S/C13H19N3O3/c1-13(2,7-11(15)17)16-8-4-5-10(14)9(6-8)12(18)19-3/h4-6,16H,7,14H2,1-3H3,(H2,15,17). The minimum Gasteiger partial charge on any atom is -0.465 e. The Bertz CT molecular complexity index is 498. The molecule has 6 heteroatoms. The Kier molecular flexibility index (Phi) is 4.37. The third-order valence-corrected chi connectivity index (χ3v) is 2.56. The van der Waals surface area contributed by atoms with Crippen molar-refractivity contribution in [1.29, 1.82) is 0 Å². The van der Waals surface area contributed by atoms with E-state index in [-0.39, 0.29) is 12.0 Å². The molecule has 0 spiro atoms. The first-order valence-electron chi connectivity index (χ1n) is 5.79. The molecule has 0 saturated heterocycles. The summed E-state index contributed by atoms with van der Waals surface area (Å²) in [5, 5.41) is 3.13. The number of ether oxygens (including phenoxy) is 1. The second kappa shape index (κ2) is 5.60. The number of methoxy groups -OCH3 is 1. The predicted octanol–water partition coefficient (Wildman–Crippen LogP) is 1.12. The third kappa shape index (κ3) is 4.17. The number of rotatable bonds is 5. The van der Waals surface area contributed by atoms with Gasteiger partial charge >= 0.3 is 5.97 Å². The normalized spacial score (nSPS) is 10.9. The Labute approximate surface area is 112 Å². The van der Waals surface area contributed by atoms with Gasteiger partial charge in [0, 0.05) is 23.3 Å². The molecule has 0 bridgehead atoms. The van der Waals surface area contributed by atoms with Crippen LogP contribution < -0.4 is 16.8 Å². The fourth-order valence-electron chi connectivity index (χ4n) is 1.79. The van der Waals surface area contributed by atoms with Crippen molar-refractivity contribution in [3.8, 4) is 0 Å². The monoisotopic (exact) mass is 265 g/mol. The van der Waals surface area contributed by atoms with Crippen molar-refractivity contribution in [3.63, 3.8) is 0 Å². The number of benzene rings is 1. The first-order valence-corrected chi connectivity index (χ1v) is 5.79. The molecule has 1 aromatic rings. The number of nitrogen functional groups attached to an aromatic ring is 1. The number of anilines is 2. The van der Waals surface area contributed by atoms with E-state index in [1.807, 2.05) is 13.8 Å². The van der Waals surface area contributed by atoms with Crippen molar-refractivity contribution >= 4 is 23.3 Å². The zero-order chi connectivity index (χ0) is 14.6. The van der Waals surface area contributed by atoms with Crippen LogP contribution in [0, 0.1) is 0 Å². The fourth-order valence-corrected chi connectivity index (χ4v) is 1.79. The largest absolute Gasteiger partial charge is 0.465 e. The van der Waals surface area contributed by atoms with Crippen molar-refractivity contribution in [3.05, 3.63) is 23.8 Å². The Morgan fingerprint density at radius 2 is 2.00 bits per heavy atom. The molecular formula is C13H19N3O3. The molecule has 19 heavy (non-hydrogen) atoms. The van der Waals surface area contributed by atoms with Crippen LogP contribution in [0.2, 0.25) is 0 Å². The summed E-state index contributed by atoms with van der Waals surface area (Å²) in [7, 11) is 1.29. The minimum absolute atomic E-state index is 0.172. The molecule has 1 aromatic carbocycles. The summed E-state index contributed by atoms with van der Waals surface area (Å²) >= 11 is 0. The Balaban J connectivity index is 2.97. The van der Waals surface area contributed by atoms with E-state index in [1.54, 1.807) is 18.2 Å². The molecule has 0 heterocycles. The van der Waals surface area contributed by atoms with E-state index in [0.717, 1.165) is 0 Å². The van der Waals surface area contributed by atoms with E-state index in [2.05, 4.69) is 10.1 Å². The summed E-state index contributed by atoms with van der Waals surface area (Å²) in [6, 6.07) is 4.92. The Hall–Kier alpha value is -2.24. The molecule has 5 N–H and O–H groups in total. The Morgan fingerprint density at radius 3 is 2.53 bits per heavy atom. The van der Waals surface area contributed by atoms with E-state index in [4.69, 9.17) is 11.5 Å². The molecule has 0 aliphatic heterocycles. The van der Waals surface area contributed by atoms with E-state index >= 15 is 0 Å². The highest BCUT2D eigenvalue weighted by Crippen LogP contribution is 2.23. The van der Waals surface area contributed by atoms with Crippen LogP contribution in [0.25, 0.3) is 0 Å². The van der Waals surface area contributed by atoms with Crippen LogP contribution in [0.4, 0.5) is 11.4 Å². The summed E-state index contributed by atoms with van der Waals surface area (Å²) in [6.07, 6.45) is 0.172. The molecule has 0 unspecified atom stereocenters. The number of nitrogens with two attached hydrogens (primary N) is 2. The zero-order valence-electron chi connectivity index (χ0n) is 11.3. The van der Waals surface area contributed by atoms with Crippen molar-refractivity contribution < 1.29 is 14.3 Å². The average Bonchev–Trinajstić information content (AvgIpc) is 2.28. The second-order valence-corrected chi connectivity index (χ2v) is 4.95. The first-order chi connectivity index (χ1) is 8.75. The summed E-state index contributed by atoms with van der Waals surface area (Å²) in [4.78, 5) is 22.5. The van der Waals surface area contributed by atoms with Gasteiger partial charge in [-0.05, 0) is 32.0 Å². The smallest absolute Gasteiger partial charge is 0.340 e. The quantitative estimate of drug-likeness (QED) is 0.546. The maximum absolute atomic E-state index is 11.5. The van der Waals surface area contributed by atoms with Gasteiger partial charge in [-0.3, -0.25) is 4.79 Å². The zero-order valence-corrected chi connectivity index (χ0v) is 11.3. The van der Waals surface area contributed by atoms with Gasteiger partial charge in [0.15, 0.2) is 0 Å². The molecule has 0 radical (unpaired) electrons. The molecule has 0 aromatic heterocycles. The SMILES string of the molecule is COC(=O)c1cc(NC(C)(C)CC(N)=O)ccc1N. The van der Waals surface area contributed by atoms with Crippen LogP contribution >= 0.6 is 0 Å². The maximum Gasteiger partial charge on any atom is 0.340 e. The van der Waals surface area contributed by atoms with Crippen molar-refractivity contribution in [2.24, 2.45) is 5.73 Å². The number of esters is 1. The van der Waals surface area contributed by atoms with Gasteiger partial charge in [0.2, 0.25) is 5.91 Å². The van der Waals surface area contributed by atoms with Gasteiger partial charge in [0.05, 0.1) is 12.7 Å². The van der Waals surface area contributed by atoms with Gasteiger partial charge in [0.1, 0.15) is 0 Å². The number of carbonyl (C=O) groups excluding carboxylic acids is 2. The van der Waals surface area contributed by atoms with E-state index in [1.165, 1.54) is 7.11 Å². The molecule has 0 aliphatic rings. The van der Waals surface area contributed by atoms with E-state index in [0.29, 0.717) is 11.4 Å². The molecule has 1 rings (SSSR count). The van der Waals surface area contributed by atoms with Gasteiger partial charge in [-0.2, -0.15) is 0 Å². The molecular weight excluding hydrogens is 246 g/mol. The lowest BCUT2D eigenvalue weighted by Crippen LogP contribution is -2.36. The van der Waals surface area contributed by atoms with Gasteiger partial charge in [-0.15, -0.1) is 0 Å². The van der Waals surface area contributed by atoms with Crippen molar-refractivity contribution in [2.75, 3.05) is 18.2 Å². The predicted molar refractivity (Wildman–Crippen MR) is 73.7 cm³/mol. The van der Waals surface area contributed by atoms with E-state index < -0.39 is 17.4 Å². The average molecular weight is 265 g/mol. The molecule has 104 valence electrons. The van der Waals surface area contributed by atoms with Crippen LogP contribution in [-0.4, -0.2) is 24.5 Å². The van der Waals surface area contributed by atoms with Crippen LogP contribution in [0.5, 0.6) is 0 Å². The van der Waals surface area contributed by atoms with Crippen molar-refractivity contribution in [1.82, 2.24) is 0 Å². The summed E-state index contributed by atoms with van der Waals surface area (Å²) < 4.78 is 4.65. The second-order valence-electron chi connectivity index (χ2n) is 4.95. The summed E-state index contributed by atoms with van der Waals surface area (Å²) in [5.41, 5.74) is 11.7. The molecule has 0 aliphatic carbocycles. The molecule has 0 atom stereocenters. The minimum atomic E-state index is -0.519. The Morgan fingerprint density at radius 1 is 1.37 bits per heavy atom. The molecule has 0 saturated carbocycles.